The summed E-state index contributed by atoms with van der Waals surface area (Å²) in [7, 11) is 0. The van der Waals surface area contributed by atoms with Gasteiger partial charge in [0.25, 0.3) is 5.56 Å². The lowest BCUT2D eigenvalue weighted by Crippen LogP contribution is -2.37. The summed E-state index contributed by atoms with van der Waals surface area (Å²) < 4.78 is 4.38. The van der Waals surface area contributed by atoms with Crippen LogP contribution in [0, 0.1) is 11.3 Å². The van der Waals surface area contributed by atoms with E-state index in [0.29, 0.717) is 5.92 Å². The lowest BCUT2D eigenvalue weighted by atomic mass is 9.70. The molecule has 2 aromatic rings. The van der Waals surface area contributed by atoms with Crippen LogP contribution in [0.5, 0.6) is 0 Å². The predicted molar refractivity (Wildman–Crippen MR) is 100 cm³/mol. The molecule has 3 nitrogen and oxygen atoms in total. The number of fused-ring (bicyclic) bond motifs is 5. The number of hydrogen-bond donors (Lipinski definition) is 0. The van der Waals surface area contributed by atoms with Crippen molar-refractivity contribution in [3.8, 4) is 5.69 Å². The molecule has 0 aliphatic heterocycles. The van der Waals surface area contributed by atoms with Crippen molar-refractivity contribution in [2.45, 2.75) is 70.8 Å². The van der Waals surface area contributed by atoms with Gasteiger partial charge in [0.1, 0.15) is 0 Å². The molecule has 0 unspecified atom stereocenters. The Bertz CT molecular complexity index is 885. The molecule has 132 valence electrons. The van der Waals surface area contributed by atoms with E-state index in [2.05, 4.69) is 37.6 Å². The molecule has 5 rings (SSSR count). The monoisotopic (exact) mass is 336 g/mol. The smallest absolute Gasteiger partial charge is 0.275 e. The van der Waals surface area contributed by atoms with Crippen molar-refractivity contribution in [3.63, 3.8) is 0 Å². The van der Waals surface area contributed by atoms with Gasteiger partial charge in [-0.15, -0.1) is 0 Å². The van der Waals surface area contributed by atoms with Gasteiger partial charge in [-0.3, -0.25) is 9.48 Å². The van der Waals surface area contributed by atoms with Crippen LogP contribution in [0.3, 0.4) is 0 Å². The fourth-order valence-electron chi connectivity index (χ4n) is 5.81. The standard InChI is InChI=1S/C22H28N2O/c1-21(2)17-12-13-22(21,3)19-18(17)20(25)24(16-10-5-4-6-11-16)23(19)14-15-8-7-9-15/h4-6,10-11,15,17H,7-9,12-14H2,1-3H3/t17-,22+/m0/s1. The summed E-state index contributed by atoms with van der Waals surface area (Å²) in [5, 5.41) is 0. The molecule has 2 saturated carbocycles. The minimum atomic E-state index is 0.121. The molecule has 0 saturated heterocycles. The van der Waals surface area contributed by atoms with Crippen molar-refractivity contribution < 1.29 is 0 Å². The Morgan fingerprint density at radius 1 is 1.08 bits per heavy atom. The van der Waals surface area contributed by atoms with Crippen molar-refractivity contribution >= 4 is 0 Å². The molecule has 2 fully saturated rings. The van der Waals surface area contributed by atoms with E-state index in [0.717, 1.165) is 30.1 Å². The molecule has 3 aliphatic rings. The zero-order valence-corrected chi connectivity index (χ0v) is 15.6. The summed E-state index contributed by atoms with van der Waals surface area (Å²) in [5.41, 5.74) is 4.05. The summed E-state index contributed by atoms with van der Waals surface area (Å²) in [6.45, 7) is 8.16. The summed E-state index contributed by atoms with van der Waals surface area (Å²) in [4.78, 5) is 13.5. The molecule has 1 aromatic heterocycles. The van der Waals surface area contributed by atoms with Gasteiger partial charge >= 0.3 is 0 Å². The van der Waals surface area contributed by atoms with Gasteiger partial charge in [0, 0.05) is 17.5 Å². The van der Waals surface area contributed by atoms with Gasteiger partial charge in [0.15, 0.2) is 0 Å². The third-order valence-electron chi connectivity index (χ3n) is 7.93. The highest BCUT2D eigenvalue weighted by molar-refractivity contribution is 5.47. The highest BCUT2D eigenvalue weighted by Crippen LogP contribution is 2.67. The number of aromatic nitrogens is 2. The molecule has 3 heteroatoms. The average Bonchev–Trinajstić information content (AvgIpc) is 3.04. The molecule has 0 radical (unpaired) electrons. The number of rotatable bonds is 3. The van der Waals surface area contributed by atoms with Crippen LogP contribution in [0.15, 0.2) is 35.1 Å². The largest absolute Gasteiger partial charge is 0.281 e. The highest BCUT2D eigenvalue weighted by Gasteiger charge is 2.62. The SMILES string of the molecule is CC1(C)[C@H]2CC[C@]1(C)c1c2c(=O)n(-c2ccccc2)n1CC1CCC1. The summed E-state index contributed by atoms with van der Waals surface area (Å²) >= 11 is 0. The van der Waals surface area contributed by atoms with E-state index in [-0.39, 0.29) is 16.4 Å². The molecule has 0 amide bonds. The van der Waals surface area contributed by atoms with Crippen molar-refractivity contribution in [2.24, 2.45) is 11.3 Å². The first-order valence-corrected chi connectivity index (χ1v) is 9.87. The normalized spacial score (nSPS) is 29.6. The zero-order chi connectivity index (χ0) is 17.4. The van der Waals surface area contributed by atoms with E-state index < -0.39 is 0 Å². The first-order valence-electron chi connectivity index (χ1n) is 9.87. The van der Waals surface area contributed by atoms with E-state index in [4.69, 9.17) is 0 Å². The maximum Gasteiger partial charge on any atom is 0.275 e. The van der Waals surface area contributed by atoms with Crippen LogP contribution in [0.1, 0.15) is 70.1 Å². The minimum Gasteiger partial charge on any atom is -0.281 e. The third kappa shape index (κ3) is 1.79. The lowest BCUT2D eigenvalue weighted by Gasteiger charge is -2.37. The number of nitrogens with zero attached hydrogens (tertiary/aromatic N) is 2. The van der Waals surface area contributed by atoms with Gasteiger partial charge in [-0.2, -0.15) is 0 Å². The van der Waals surface area contributed by atoms with E-state index in [9.17, 15) is 4.79 Å². The number of benzene rings is 1. The fourth-order valence-corrected chi connectivity index (χ4v) is 5.81. The van der Waals surface area contributed by atoms with Crippen molar-refractivity contribution in [1.29, 1.82) is 0 Å². The second-order valence-corrected chi connectivity index (χ2v) is 9.24. The van der Waals surface area contributed by atoms with Crippen LogP contribution < -0.4 is 5.56 Å². The van der Waals surface area contributed by atoms with Crippen LogP contribution in [-0.4, -0.2) is 9.36 Å². The Hall–Kier alpha value is -1.77. The molecule has 0 spiro atoms. The number of para-hydroxylation sites is 1. The van der Waals surface area contributed by atoms with Gasteiger partial charge in [-0.05, 0) is 55.1 Å². The second kappa shape index (κ2) is 4.90. The minimum absolute atomic E-state index is 0.121. The Balaban J connectivity index is 1.77. The molecule has 1 aromatic carbocycles. The number of hydrogen-bond acceptors (Lipinski definition) is 1. The van der Waals surface area contributed by atoms with Crippen LogP contribution in [-0.2, 0) is 12.0 Å². The van der Waals surface area contributed by atoms with E-state index in [1.54, 1.807) is 0 Å². The van der Waals surface area contributed by atoms with Gasteiger partial charge in [0.05, 0.1) is 11.4 Å². The van der Waals surface area contributed by atoms with Crippen molar-refractivity contribution in [1.82, 2.24) is 9.36 Å². The molecule has 3 aliphatic carbocycles. The quantitative estimate of drug-likeness (QED) is 0.804. The first-order chi connectivity index (χ1) is 11.9. The molecule has 25 heavy (non-hydrogen) atoms. The third-order valence-corrected chi connectivity index (χ3v) is 7.93. The van der Waals surface area contributed by atoms with Crippen molar-refractivity contribution in [3.05, 3.63) is 51.9 Å². The Kier molecular flexibility index (Phi) is 3.03. The summed E-state index contributed by atoms with van der Waals surface area (Å²) in [5.74, 6) is 1.15. The highest BCUT2D eigenvalue weighted by atomic mass is 16.1. The van der Waals surface area contributed by atoms with Crippen LogP contribution >= 0.6 is 0 Å². The van der Waals surface area contributed by atoms with E-state index in [1.165, 1.54) is 31.4 Å². The molecular weight excluding hydrogens is 308 g/mol. The Labute approximate surface area is 149 Å². The second-order valence-electron chi connectivity index (χ2n) is 9.24. The fraction of sp³-hybridized carbons (Fsp3) is 0.591. The maximum absolute atomic E-state index is 13.5. The van der Waals surface area contributed by atoms with E-state index >= 15 is 0 Å². The Morgan fingerprint density at radius 2 is 1.80 bits per heavy atom. The molecule has 0 N–H and O–H groups in total. The topological polar surface area (TPSA) is 26.9 Å². The average molecular weight is 336 g/mol. The maximum atomic E-state index is 13.5. The van der Waals surface area contributed by atoms with Gasteiger partial charge in [-0.25, -0.2) is 4.68 Å². The van der Waals surface area contributed by atoms with Crippen LogP contribution in [0.4, 0.5) is 0 Å². The lowest BCUT2D eigenvalue weighted by molar-refractivity contribution is 0.200. The molecule has 1 heterocycles. The summed E-state index contributed by atoms with van der Waals surface area (Å²) in [6, 6.07) is 10.2. The van der Waals surface area contributed by atoms with Gasteiger partial charge in [-0.1, -0.05) is 45.4 Å². The molecular formula is C22H28N2O. The van der Waals surface area contributed by atoms with Gasteiger partial charge in [0.2, 0.25) is 0 Å². The van der Waals surface area contributed by atoms with Gasteiger partial charge < -0.3 is 0 Å². The van der Waals surface area contributed by atoms with Crippen molar-refractivity contribution in [2.75, 3.05) is 0 Å². The van der Waals surface area contributed by atoms with Crippen LogP contribution in [0.2, 0.25) is 0 Å². The zero-order valence-electron chi connectivity index (χ0n) is 15.6. The molecule has 2 bridgehead atoms. The predicted octanol–water partition coefficient (Wildman–Crippen LogP) is 4.61. The first kappa shape index (κ1) is 15.5. The Morgan fingerprint density at radius 3 is 2.44 bits per heavy atom. The van der Waals surface area contributed by atoms with E-state index in [1.807, 2.05) is 22.9 Å². The molecule has 2 atom stereocenters. The van der Waals surface area contributed by atoms with Crippen LogP contribution in [0.25, 0.3) is 5.69 Å². The summed E-state index contributed by atoms with van der Waals surface area (Å²) in [6.07, 6.45) is 6.32.